The highest BCUT2D eigenvalue weighted by Gasteiger charge is 2.12. The average Bonchev–Trinajstić information content (AvgIpc) is 2.47. The van der Waals surface area contributed by atoms with Crippen LogP contribution >= 0.6 is 0 Å². The van der Waals surface area contributed by atoms with Crippen LogP contribution in [0.5, 0.6) is 5.75 Å². The van der Waals surface area contributed by atoms with Crippen molar-refractivity contribution >= 4 is 0 Å². The summed E-state index contributed by atoms with van der Waals surface area (Å²) >= 11 is 0. The summed E-state index contributed by atoms with van der Waals surface area (Å²) in [5.74, 6) is 0.947. The van der Waals surface area contributed by atoms with E-state index in [4.69, 9.17) is 4.74 Å². The maximum absolute atomic E-state index is 5.79. The zero-order valence-corrected chi connectivity index (χ0v) is 13.1. The number of hydrogen-bond donors (Lipinski definition) is 0. The van der Waals surface area contributed by atoms with Crippen LogP contribution in [-0.2, 0) is 11.8 Å². The topological polar surface area (TPSA) is 9.23 Å². The Morgan fingerprint density at radius 1 is 0.905 bits per heavy atom. The van der Waals surface area contributed by atoms with E-state index in [1.54, 1.807) is 0 Å². The Balaban J connectivity index is 1.69. The summed E-state index contributed by atoms with van der Waals surface area (Å²) in [6.45, 7) is 9.16. The van der Waals surface area contributed by atoms with Crippen molar-refractivity contribution in [2.75, 3.05) is 6.61 Å². The molecular weight excluding hydrogens is 256 g/mol. The van der Waals surface area contributed by atoms with E-state index in [1.165, 1.54) is 11.1 Å². The minimum absolute atomic E-state index is 0.0474. The molecular formula is C20H25O. The maximum atomic E-state index is 5.79. The van der Waals surface area contributed by atoms with Gasteiger partial charge in [0.1, 0.15) is 5.75 Å². The summed E-state index contributed by atoms with van der Waals surface area (Å²) in [4.78, 5) is 0. The van der Waals surface area contributed by atoms with Gasteiger partial charge in [-0.05, 0) is 54.9 Å². The van der Waals surface area contributed by atoms with Crippen molar-refractivity contribution < 1.29 is 4.74 Å². The fraction of sp³-hybridized carbons (Fsp3) is 0.350. The van der Waals surface area contributed by atoms with Crippen LogP contribution in [0.15, 0.2) is 54.6 Å². The van der Waals surface area contributed by atoms with Gasteiger partial charge in [0.25, 0.3) is 0 Å². The molecule has 0 atom stereocenters. The normalized spacial score (nSPS) is 11.4. The number of aryl methyl sites for hydroxylation is 1. The molecule has 0 heterocycles. The molecule has 1 nitrogen and oxygen atoms in total. The second-order valence-corrected chi connectivity index (χ2v) is 6.20. The van der Waals surface area contributed by atoms with E-state index in [2.05, 4.69) is 63.2 Å². The summed E-state index contributed by atoms with van der Waals surface area (Å²) < 4.78 is 5.79. The van der Waals surface area contributed by atoms with Gasteiger partial charge in [-0.2, -0.15) is 0 Å². The van der Waals surface area contributed by atoms with Crippen molar-refractivity contribution in [3.8, 4) is 5.75 Å². The molecule has 0 N–H and O–H groups in total. The van der Waals surface area contributed by atoms with E-state index < -0.39 is 0 Å². The standard InChI is InChI=1S/C20H25O/c1-20(2,3)18-12-14-19(15-13-18)21-16-8-7-11-17-9-5-4-6-10-17/h4-6,9-10,12-15H,1,7-8,11,16H2,2-3H3. The summed E-state index contributed by atoms with van der Waals surface area (Å²) in [5, 5.41) is 0. The van der Waals surface area contributed by atoms with Crippen molar-refractivity contribution in [2.45, 2.75) is 38.5 Å². The van der Waals surface area contributed by atoms with Gasteiger partial charge < -0.3 is 4.74 Å². The second kappa shape index (κ2) is 7.31. The highest BCUT2D eigenvalue weighted by Crippen LogP contribution is 2.23. The van der Waals surface area contributed by atoms with Crippen molar-refractivity contribution in [2.24, 2.45) is 0 Å². The maximum Gasteiger partial charge on any atom is 0.119 e. The van der Waals surface area contributed by atoms with Crippen LogP contribution in [0, 0.1) is 6.92 Å². The van der Waals surface area contributed by atoms with Crippen molar-refractivity contribution in [3.05, 3.63) is 72.6 Å². The third-order valence-electron chi connectivity index (χ3n) is 3.61. The molecule has 0 saturated heterocycles. The number of rotatable bonds is 7. The van der Waals surface area contributed by atoms with Gasteiger partial charge in [-0.15, -0.1) is 0 Å². The molecule has 0 amide bonds. The van der Waals surface area contributed by atoms with Crippen LogP contribution in [-0.4, -0.2) is 6.61 Å². The van der Waals surface area contributed by atoms with Gasteiger partial charge in [0.15, 0.2) is 0 Å². The predicted molar refractivity (Wildman–Crippen MR) is 89.7 cm³/mol. The van der Waals surface area contributed by atoms with Crippen LogP contribution in [0.2, 0.25) is 0 Å². The van der Waals surface area contributed by atoms with Crippen LogP contribution in [0.3, 0.4) is 0 Å². The lowest BCUT2D eigenvalue weighted by Crippen LogP contribution is -2.11. The molecule has 0 saturated carbocycles. The molecule has 21 heavy (non-hydrogen) atoms. The third-order valence-corrected chi connectivity index (χ3v) is 3.61. The molecule has 0 aliphatic rings. The Morgan fingerprint density at radius 3 is 2.19 bits per heavy atom. The first-order valence-corrected chi connectivity index (χ1v) is 7.68. The minimum atomic E-state index is -0.0474. The largest absolute Gasteiger partial charge is 0.494 e. The van der Waals surface area contributed by atoms with Crippen molar-refractivity contribution in [3.63, 3.8) is 0 Å². The molecule has 0 aliphatic carbocycles. The van der Waals surface area contributed by atoms with E-state index in [-0.39, 0.29) is 5.41 Å². The molecule has 0 aromatic heterocycles. The minimum Gasteiger partial charge on any atom is -0.494 e. The van der Waals surface area contributed by atoms with Gasteiger partial charge in [-0.3, -0.25) is 0 Å². The van der Waals surface area contributed by atoms with Crippen LogP contribution in [0.1, 0.15) is 37.8 Å². The first kappa shape index (κ1) is 15.6. The van der Waals surface area contributed by atoms with Gasteiger partial charge in [0, 0.05) is 0 Å². The third kappa shape index (κ3) is 5.26. The molecule has 1 heteroatoms. The Kier molecular flexibility index (Phi) is 5.44. The molecule has 2 aromatic rings. The van der Waals surface area contributed by atoms with E-state index in [1.807, 2.05) is 12.1 Å². The summed E-state index contributed by atoms with van der Waals surface area (Å²) in [5.41, 5.74) is 2.59. The quantitative estimate of drug-likeness (QED) is 0.634. The molecule has 111 valence electrons. The fourth-order valence-electron chi connectivity index (χ4n) is 2.27. The first-order valence-electron chi connectivity index (χ1n) is 7.68. The monoisotopic (exact) mass is 281 g/mol. The van der Waals surface area contributed by atoms with Gasteiger partial charge in [-0.1, -0.05) is 56.3 Å². The van der Waals surface area contributed by atoms with Crippen LogP contribution in [0.25, 0.3) is 0 Å². The van der Waals surface area contributed by atoms with E-state index in [0.29, 0.717) is 0 Å². The zero-order chi connectivity index (χ0) is 15.1. The molecule has 2 aromatic carbocycles. The first-order chi connectivity index (χ1) is 10.1. The van der Waals surface area contributed by atoms with Gasteiger partial charge in [0.2, 0.25) is 0 Å². The molecule has 0 unspecified atom stereocenters. The molecule has 0 fully saturated rings. The van der Waals surface area contributed by atoms with E-state index >= 15 is 0 Å². The SMILES string of the molecule is [CH2]C(C)(C)c1ccc(OCCCCc2ccccc2)cc1. The van der Waals surface area contributed by atoms with Gasteiger partial charge >= 0.3 is 0 Å². The summed E-state index contributed by atoms with van der Waals surface area (Å²) in [6.07, 6.45) is 3.37. The smallest absolute Gasteiger partial charge is 0.119 e. The Labute approximate surface area is 129 Å². The Hall–Kier alpha value is -1.76. The van der Waals surface area contributed by atoms with Crippen molar-refractivity contribution in [1.82, 2.24) is 0 Å². The van der Waals surface area contributed by atoms with Crippen LogP contribution < -0.4 is 4.74 Å². The highest BCUT2D eigenvalue weighted by molar-refractivity contribution is 5.32. The van der Waals surface area contributed by atoms with E-state index in [9.17, 15) is 0 Å². The molecule has 0 bridgehead atoms. The number of unbranched alkanes of at least 4 members (excludes halogenated alkanes) is 1. The molecule has 0 spiro atoms. The van der Waals surface area contributed by atoms with Crippen molar-refractivity contribution in [1.29, 1.82) is 0 Å². The van der Waals surface area contributed by atoms with E-state index in [0.717, 1.165) is 31.6 Å². The molecule has 2 rings (SSSR count). The highest BCUT2D eigenvalue weighted by atomic mass is 16.5. The average molecular weight is 281 g/mol. The number of benzene rings is 2. The van der Waals surface area contributed by atoms with Crippen LogP contribution in [0.4, 0.5) is 0 Å². The lowest BCUT2D eigenvalue weighted by Gasteiger charge is -2.19. The lowest BCUT2D eigenvalue weighted by atomic mass is 9.87. The number of ether oxygens (including phenoxy) is 1. The summed E-state index contributed by atoms with van der Waals surface area (Å²) in [7, 11) is 0. The second-order valence-electron chi connectivity index (χ2n) is 6.20. The predicted octanol–water partition coefficient (Wildman–Crippen LogP) is 5.20. The van der Waals surface area contributed by atoms with Gasteiger partial charge in [-0.25, -0.2) is 0 Å². The molecule has 0 aliphatic heterocycles. The molecule has 1 radical (unpaired) electrons. The zero-order valence-electron chi connectivity index (χ0n) is 13.1. The Morgan fingerprint density at radius 2 is 1.57 bits per heavy atom. The number of hydrogen-bond acceptors (Lipinski definition) is 1. The summed E-state index contributed by atoms with van der Waals surface area (Å²) in [6, 6.07) is 18.9. The lowest BCUT2D eigenvalue weighted by molar-refractivity contribution is 0.307. The Bertz CT molecular complexity index is 520. The van der Waals surface area contributed by atoms with Gasteiger partial charge in [0.05, 0.1) is 6.61 Å². The fourth-order valence-corrected chi connectivity index (χ4v) is 2.27.